The van der Waals surface area contributed by atoms with Gasteiger partial charge in [-0.15, -0.1) is 0 Å². The third-order valence-corrected chi connectivity index (χ3v) is 3.94. The zero-order chi connectivity index (χ0) is 10.3. The first-order valence-corrected chi connectivity index (χ1v) is 6.08. The molecule has 3 heterocycles. The predicted octanol–water partition coefficient (Wildman–Crippen LogP) is 2.73. The molecule has 1 aromatic heterocycles. The molecule has 0 saturated carbocycles. The molecule has 2 fully saturated rings. The number of nitrogens with zero attached hydrogens (tertiary/aromatic N) is 1. The lowest BCUT2D eigenvalue weighted by Crippen LogP contribution is -2.34. The van der Waals surface area contributed by atoms with Crippen LogP contribution in [0.15, 0.2) is 18.3 Å². The molecule has 1 aromatic rings. The molecular formula is C12H15ClN2. The van der Waals surface area contributed by atoms with Crippen molar-refractivity contribution in [2.75, 3.05) is 0 Å². The summed E-state index contributed by atoms with van der Waals surface area (Å²) in [4.78, 5) is 4.18. The molecule has 0 unspecified atom stereocenters. The number of nitrogens with one attached hydrogen (secondary N) is 1. The summed E-state index contributed by atoms with van der Waals surface area (Å²) in [6.45, 7) is 0. The molecule has 3 rings (SSSR count). The van der Waals surface area contributed by atoms with Crippen molar-refractivity contribution in [2.45, 2.75) is 43.7 Å². The molecule has 0 spiro atoms. The highest BCUT2D eigenvalue weighted by molar-refractivity contribution is 6.29. The second-order valence-corrected chi connectivity index (χ2v) is 5.04. The molecule has 3 atom stereocenters. The molecule has 1 N–H and O–H groups in total. The number of aromatic nitrogens is 1. The Labute approximate surface area is 95.0 Å². The Morgan fingerprint density at radius 1 is 1.33 bits per heavy atom. The Bertz CT molecular complexity index is 349. The van der Waals surface area contributed by atoms with Gasteiger partial charge < -0.3 is 5.32 Å². The second-order valence-electron chi connectivity index (χ2n) is 4.66. The fraction of sp³-hybridized carbons (Fsp3) is 0.583. The molecule has 2 aliphatic heterocycles. The van der Waals surface area contributed by atoms with Gasteiger partial charge in [0.2, 0.25) is 0 Å². The molecule has 3 heteroatoms. The SMILES string of the molecule is Clc1ccc([C@H]2C[C@H]3CCC[C@@H]2N3)cn1. The molecule has 2 bridgehead atoms. The quantitative estimate of drug-likeness (QED) is 0.740. The first kappa shape index (κ1) is 9.61. The van der Waals surface area contributed by atoms with Crippen LogP contribution in [-0.4, -0.2) is 17.1 Å². The van der Waals surface area contributed by atoms with Crippen molar-refractivity contribution >= 4 is 11.6 Å². The van der Waals surface area contributed by atoms with E-state index in [1.54, 1.807) is 0 Å². The summed E-state index contributed by atoms with van der Waals surface area (Å²) in [5, 5.41) is 4.28. The number of rotatable bonds is 1. The summed E-state index contributed by atoms with van der Waals surface area (Å²) in [6.07, 6.45) is 7.24. The second kappa shape index (κ2) is 3.76. The molecule has 80 valence electrons. The van der Waals surface area contributed by atoms with E-state index in [1.165, 1.54) is 31.2 Å². The lowest BCUT2D eigenvalue weighted by molar-refractivity contribution is 0.397. The van der Waals surface area contributed by atoms with Crippen LogP contribution in [0.4, 0.5) is 0 Å². The maximum atomic E-state index is 5.80. The average Bonchev–Trinajstić information content (AvgIpc) is 2.55. The number of hydrogen-bond donors (Lipinski definition) is 1. The largest absolute Gasteiger partial charge is 0.311 e. The van der Waals surface area contributed by atoms with E-state index in [-0.39, 0.29) is 0 Å². The van der Waals surface area contributed by atoms with Gasteiger partial charge in [0.15, 0.2) is 0 Å². The minimum atomic E-state index is 0.590. The summed E-state index contributed by atoms with van der Waals surface area (Å²) in [7, 11) is 0. The van der Waals surface area contributed by atoms with Crippen LogP contribution in [0, 0.1) is 0 Å². The Kier molecular flexibility index (Phi) is 2.41. The number of piperidine rings is 1. The van der Waals surface area contributed by atoms with Gasteiger partial charge in [0, 0.05) is 24.2 Å². The van der Waals surface area contributed by atoms with Gasteiger partial charge in [0.05, 0.1) is 0 Å². The van der Waals surface area contributed by atoms with Crippen molar-refractivity contribution in [1.29, 1.82) is 0 Å². The summed E-state index contributed by atoms with van der Waals surface area (Å²) in [5.74, 6) is 0.655. The molecular weight excluding hydrogens is 208 g/mol. The minimum Gasteiger partial charge on any atom is -0.311 e. The number of fused-ring (bicyclic) bond motifs is 2. The first-order valence-electron chi connectivity index (χ1n) is 5.70. The van der Waals surface area contributed by atoms with E-state index in [2.05, 4.69) is 16.4 Å². The van der Waals surface area contributed by atoms with Gasteiger partial charge in [-0.05, 0) is 30.9 Å². The molecule has 2 nitrogen and oxygen atoms in total. The van der Waals surface area contributed by atoms with Gasteiger partial charge in [0.1, 0.15) is 5.15 Å². The Morgan fingerprint density at radius 2 is 2.27 bits per heavy atom. The van der Waals surface area contributed by atoms with E-state index >= 15 is 0 Å². The van der Waals surface area contributed by atoms with E-state index in [0.717, 1.165) is 6.04 Å². The number of halogens is 1. The molecule has 0 amide bonds. The summed E-state index contributed by atoms with van der Waals surface area (Å²) < 4.78 is 0. The maximum Gasteiger partial charge on any atom is 0.129 e. The van der Waals surface area contributed by atoms with Gasteiger partial charge in [-0.1, -0.05) is 24.1 Å². The number of hydrogen-bond acceptors (Lipinski definition) is 2. The third-order valence-electron chi connectivity index (χ3n) is 3.72. The van der Waals surface area contributed by atoms with Crippen LogP contribution >= 0.6 is 11.6 Å². The average molecular weight is 223 g/mol. The molecule has 2 saturated heterocycles. The highest BCUT2D eigenvalue weighted by Crippen LogP contribution is 2.38. The van der Waals surface area contributed by atoms with Crippen molar-refractivity contribution in [3.05, 3.63) is 29.0 Å². The van der Waals surface area contributed by atoms with Crippen LogP contribution < -0.4 is 5.32 Å². The van der Waals surface area contributed by atoms with E-state index in [0.29, 0.717) is 17.1 Å². The van der Waals surface area contributed by atoms with Gasteiger partial charge >= 0.3 is 0 Å². The predicted molar refractivity (Wildman–Crippen MR) is 61.2 cm³/mol. The van der Waals surface area contributed by atoms with Gasteiger partial charge in [-0.2, -0.15) is 0 Å². The van der Waals surface area contributed by atoms with Crippen LogP contribution in [0.1, 0.15) is 37.2 Å². The normalized spacial score (nSPS) is 34.3. The minimum absolute atomic E-state index is 0.590. The molecule has 0 aliphatic carbocycles. The smallest absolute Gasteiger partial charge is 0.129 e. The van der Waals surface area contributed by atoms with Crippen molar-refractivity contribution < 1.29 is 0 Å². The van der Waals surface area contributed by atoms with Crippen LogP contribution in [0.2, 0.25) is 5.15 Å². The fourth-order valence-corrected chi connectivity index (χ4v) is 3.11. The summed E-state index contributed by atoms with van der Waals surface area (Å²) >= 11 is 5.80. The van der Waals surface area contributed by atoms with E-state index < -0.39 is 0 Å². The van der Waals surface area contributed by atoms with Crippen LogP contribution in [0.5, 0.6) is 0 Å². The third kappa shape index (κ3) is 1.77. The van der Waals surface area contributed by atoms with Gasteiger partial charge in [-0.25, -0.2) is 4.98 Å². The van der Waals surface area contributed by atoms with Crippen molar-refractivity contribution in [3.8, 4) is 0 Å². The van der Waals surface area contributed by atoms with Crippen LogP contribution in [0.25, 0.3) is 0 Å². The Hall–Kier alpha value is -0.600. The Morgan fingerprint density at radius 3 is 3.00 bits per heavy atom. The fourth-order valence-electron chi connectivity index (χ4n) is 3.00. The zero-order valence-corrected chi connectivity index (χ0v) is 9.37. The van der Waals surface area contributed by atoms with Gasteiger partial charge in [-0.3, -0.25) is 0 Å². The van der Waals surface area contributed by atoms with Crippen molar-refractivity contribution in [1.82, 2.24) is 10.3 Å². The van der Waals surface area contributed by atoms with E-state index in [4.69, 9.17) is 11.6 Å². The molecule has 15 heavy (non-hydrogen) atoms. The van der Waals surface area contributed by atoms with Crippen LogP contribution in [0.3, 0.4) is 0 Å². The molecule has 0 radical (unpaired) electrons. The maximum absolute atomic E-state index is 5.80. The summed E-state index contributed by atoms with van der Waals surface area (Å²) in [5.41, 5.74) is 1.35. The topological polar surface area (TPSA) is 24.9 Å². The van der Waals surface area contributed by atoms with Gasteiger partial charge in [0.25, 0.3) is 0 Å². The highest BCUT2D eigenvalue weighted by atomic mass is 35.5. The Balaban J connectivity index is 1.85. The number of pyridine rings is 1. The standard InChI is InChI=1S/C12H15ClN2/c13-12-5-4-8(7-14-12)10-6-9-2-1-3-11(10)15-9/h4-5,7,9-11,15H,1-3,6H2/t9-,10-,11+/m1/s1. The van der Waals surface area contributed by atoms with Crippen molar-refractivity contribution in [2.24, 2.45) is 0 Å². The molecule has 0 aromatic carbocycles. The first-order chi connectivity index (χ1) is 7.33. The van der Waals surface area contributed by atoms with E-state index in [9.17, 15) is 0 Å². The highest BCUT2D eigenvalue weighted by Gasteiger charge is 2.37. The molecule has 2 aliphatic rings. The van der Waals surface area contributed by atoms with Crippen LogP contribution in [-0.2, 0) is 0 Å². The lowest BCUT2D eigenvalue weighted by atomic mass is 9.92. The van der Waals surface area contributed by atoms with E-state index in [1.807, 2.05) is 12.3 Å². The van der Waals surface area contributed by atoms with Crippen molar-refractivity contribution in [3.63, 3.8) is 0 Å². The zero-order valence-electron chi connectivity index (χ0n) is 8.62. The monoisotopic (exact) mass is 222 g/mol. The summed E-state index contributed by atoms with van der Waals surface area (Å²) in [6, 6.07) is 5.44. The lowest BCUT2D eigenvalue weighted by Gasteiger charge is -2.22.